The van der Waals surface area contributed by atoms with Gasteiger partial charge in [0.05, 0.1) is 12.8 Å². The van der Waals surface area contributed by atoms with Crippen LogP contribution in [0.2, 0.25) is 0 Å². The van der Waals surface area contributed by atoms with E-state index in [4.69, 9.17) is 10.5 Å². The van der Waals surface area contributed by atoms with Crippen molar-refractivity contribution in [2.45, 2.75) is 38.6 Å². The van der Waals surface area contributed by atoms with Gasteiger partial charge < -0.3 is 15.8 Å². The highest BCUT2D eigenvalue weighted by molar-refractivity contribution is 5.92. The number of nitrogen functional groups attached to an aromatic ring is 1. The van der Waals surface area contributed by atoms with Gasteiger partial charge in [-0.05, 0) is 42.5 Å². The van der Waals surface area contributed by atoms with Crippen LogP contribution in [-0.2, 0) is 4.79 Å². The van der Waals surface area contributed by atoms with Crippen LogP contribution in [0.1, 0.15) is 38.2 Å². The zero-order valence-electron chi connectivity index (χ0n) is 12.8. The molecule has 0 aromatic heterocycles. The van der Waals surface area contributed by atoms with Crippen molar-refractivity contribution >= 4 is 17.7 Å². The summed E-state index contributed by atoms with van der Waals surface area (Å²) in [5, 5.41) is 3.09. The number of carbonyl (C=O) groups is 1. The van der Waals surface area contributed by atoms with E-state index in [1.54, 1.807) is 31.4 Å². The molecule has 114 valence electrons. The molecule has 2 rings (SSSR count). The third kappa shape index (κ3) is 4.25. The van der Waals surface area contributed by atoms with Crippen molar-refractivity contribution in [3.63, 3.8) is 0 Å². The van der Waals surface area contributed by atoms with Gasteiger partial charge >= 0.3 is 0 Å². The van der Waals surface area contributed by atoms with Crippen LogP contribution in [0.4, 0.5) is 5.69 Å². The predicted octanol–water partition coefficient (Wildman–Crippen LogP) is 2.99. The molecule has 0 spiro atoms. The van der Waals surface area contributed by atoms with Crippen LogP contribution in [0, 0.1) is 5.92 Å². The van der Waals surface area contributed by atoms with Gasteiger partial charge in [-0.15, -0.1) is 0 Å². The molecule has 4 nitrogen and oxygen atoms in total. The average molecular weight is 288 g/mol. The molecule has 3 N–H and O–H groups in total. The Bertz CT molecular complexity index is 526. The standard InChI is InChI=1S/C17H24N2O2/c1-12-5-3-4-6-15(12)19-17(20)10-8-13-7-9-16(21-2)14(18)11-13/h7-12,15H,3-6,18H2,1-2H3,(H,19,20)/b10-8-. The molecule has 0 heterocycles. The van der Waals surface area contributed by atoms with E-state index in [0.717, 1.165) is 12.0 Å². The van der Waals surface area contributed by atoms with Gasteiger partial charge in [-0.3, -0.25) is 4.79 Å². The molecule has 2 atom stereocenters. The maximum absolute atomic E-state index is 12.0. The second-order valence-corrected chi connectivity index (χ2v) is 5.71. The van der Waals surface area contributed by atoms with Crippen molar-refractivity contribution in [1.82, 2.24) is 5.32 Å². The first-order valence-corrected chi connectivity index (χ1v) is 7.52. The van der Waals surface area contributed by atoms with E-state index >= 15 is 0 Å². The fraction of sp³-hybridized carbons (Fsp3) is 0.471. The minimum Gasteiger partial charge on any atom is -0.495 e. The fourth-order valence-corrected chi connectivity index (χ4v) is 2.79. The lowest BCUT2D eigenvalue weighted by Crippen LogP contribution is -2.40. The summed E-state index contributed by atoms with van der Waals surface area (Å²) in [6, 6.07) is 5.78. The third-order valence-electron chi connectivity index (χ3n) is 4.12. The van der Waals surface area contributed by atoms with Crippen LogP contribution in [0.3, 0.4) is 0 Å². The number of amides is 1. The third-order valence-corrected chi connectivity index (χ3v) is 4.12. The first-order valence-electron chi connectivity index (χ1n) is 7.52. The Hall–Kier alpha value is -1.97. The number of ether oxygens (including phenoxy) is 1. The molecule has 1 aliphatic rings. The Morgan fingerprint density at radius 3 is 2.81 bits per heavy atom. The van der Waals surface area contributed by atoms with Crippen molar-refractivity contribution in [3.05, 3.63) is 29.8 Å². The Kier molecular flexibility index (Phi) is 5.26. The van der Waals surface area contributed by atoms with E-state index in [0.29, 0.717) is 23.4 Å². The highest BCUT2D eigenvalue weighted by Crippen LogP contribution is 2.24. The van der Waals surface area contributed by atoms with E-state index in [1.807, 2.05) is 6.07 Å². The number of methoxy groups -OCH3 is 1. The molecule has 0 radical (unpaired) electrons. The van der Waals surface area contributed by atoms with Gasteiger partial charge in [0.15, 0.2) is 0 Å². The van der Waals surface area contributed by atoms with Crippen LogP contribution in [-0.4, -0.2) is 19.1 Å². The number of anilines is 1. The molecule has 1 fully saturated rings. The van der Waals surface area contributed by atoms with Gasteiger partial charge in [0.1, 0.15) is 5.75 Å². The molecule has 0 bridgehead atoms. The Morgan fingerprint density at radius 1 is 1.38 bits per heavy atom. The van der Waals surface area contributed by atoms with E-state index in [-0.39, 0.29) is 5.91 Å². The predicted molar refractivity (Wildman–Crippen MR) is 86.0 cm³/mol. The summed E-state index contributed by atoms with van der Waals surface area (Å²) in [4.78, 5) is 12.0. The molecule has 21 heavy (non-hydrogen) atoms. The first-order chi connectivity index (χ1) is 10.1. The first kappa shape index (κ1) is 15.4. The topological polar surface area (TPSA) is 64.3 Å². The molecule has 1 aromatic carbocycles. The van der Waals surface area contributed by atoms with E-state index in [1.165, 1.54) is 19.3 Å². The molecule has 1 aliphatic carbocycles. The lowest BCUT2D eigenvalue weighted by molar-refractivity contribution is -0.117. The number of hydrogen-bond acceptors (Lipinski definition) is 3. The quantitative estimate of drug-likeness (QED) is 0.661. The summed E-state index contributed by atoms with van der Waals surface area (Å²) < 4.78 is 5.11. The highest BCUT2D eigenvalue weighted by Gasteiger charge is 2.21. The number of hydrogen-bond donors (Lipinski definition) is 2. The second-order valence-electron chi connectivity index (χ2n) is 5.71. The minimum atomic E-state index is -0.0388. The molecular weight excluding hydrogens is 264 g/mol. The molecule has 1 aromatic rings. The van der Waals surface area contributed by atoms with Crippen LogP contribution in [0.25, 0.3) is 6.08 Å². The number of benzene rings is 1. The van der Waals surface area contributed by atoms with E-state index in [2.05, 4.69) is 12.2 Å². The fourth-order valence-electron chi connectivity index (χ4n) is 2.79. The Morgan fingerprint density at radius 2 is 2.14 bits per heavy atom. The lowest BCUT2D eigenvalue weighted by atomic mass is 9.86. The number of nitrogens with two attached hydrogens (primary N) is 1. The van der Waals surface area contributed by atoms with Crippen molar-refractivity contribution < 1.29 is 9.53 Å². The van der Waals surface area contributed by atoms with Crippen molar-refractivity contribution in [2.24, 2.45) is 5.92 Å². The summed E-state index contributed by atoms with van der Waals surface area (Å²) in [7, 11) is 1.58. The van der Waals surface area contributed by atoms with E-state index in [9.17, 15) is 4.79 Å². The van der Waals surface area contributed by atoms with Crippen molar-refractivity contribution in [1.29, 1.82) is 0 Å². The number of carbonyl (C=O) groups excluding carboxylic acids is 1. The van der Waals surface area contributed by atoms with Gasteiger partial charge in [-0.1, -0.05) is 25.8 Å². The number of nitrogens with one attached hydrogen (secondary N) is 1. The van der Waals surface area contributed by atoms with Crippen LogP contribution >= 0.6 is 0 Å². The molecule has 1 amide bonds. The molecule has 1 saturated carbocycles. The minimum absolute atomic E-state index is 0.0388. The van der Waals surface area contributed by atoms with Crippen LogP contribution in [0.5, 0.6) is 5.75 Å². The second kappa shape index (κ2) is 7.16. The number of rotatable bonds is 4. The molecule has 2 unspecified atom stereocenters. The Balaban J connectivity index is 1.94. The summed E-state index contributed by atoms with van der Waals surface area (Å²) in [6.45, 7) is 2.21. The average Bonchev–Trinajstić information content (AvgIpc) is 2.48. The maximum Gasteiger partial charge on any atom is 0.244 e. The van der Waals surface area contributed by atoms with Gasteiger partial charge in [-0.2, -0.15) is 0 Å². The van der Waals surface area contributed by atoms with Gasteiger partial charge in [0.25, 0.3) is 0 Å². The van der Waals surface area contributed by atoms with Crippen LogP contribution in [0.15, 0.2) is 24.3 Å². The van der Waals surface area contributed by atoms with Crippen molar-refractivity contribution in [3.8, 4) is 5.75 Å². The summed E-state index contributed by atoms with van der Waals surface area (Å²) >= 11 is 0. The summed E-state index contributed by atoms with van der Waals surface area (Å²) in [5.74, 6) is 1.17. The smallest absolute Gasteiger partial charge is 0.244 e. The monoisotopic (exact) mass is 288 g/mol. The zero-order chi connectivity index (χ0) is 15.2. The molecule has 0 saturated heterocycles. The van der Waals surface area contributed by atoms with Crippen LogP contribution < -0.4 is 15.8 Å². The molecule has 0 aliphatic heterocycles. The van der Waals surface area contributed by atoms with Gasteiger partial charge in [0, 0.05) is 12.1 Å². The zero-order valence-corrected chi connectivity index (χ0v) is 12.8. The van der Waals surface area contributed by atoms with Crippen molar-refractivity contribution in [2.75, 3.05) is 12.8 Å². The van der Waals surface area contributed by atoms with E-state index < -0.39 is 0 Å². The van der Waals surface area contributed by atoms with Gasteiger partial charge in [-0.25, -0.2) is 0 Å². The van der Waals surface area contributed by atoms with Gasteiger partial charge in [0.2, 0.25) is 5.91 Å². The summed E-state index contributed by atoms with van der Waals surface area (Å²) in [6.07, 6.45) is 8.10. The highest BCUT2D eigenvalue weighted by atomic mass is 16.5. The largest absolute Gasteiger partial charge is 0.495 e. The molecule has 4 heteroatoms. The Labute approximate surface area is 126 Å². The SMILES string of the molecule is COc1ccc(/C=C\C(=O)NC2CCCCC2C)cc1N. The lowest BCUT2D eigenvalue weighted by Gasteiger charge is -2.29. The summed E-state index contributed by atoms with van der Waals surface area (Å²) in [5.41, 5.74) is 7.31. The normalized spacial score (nSPS) is 22.2. The maximum atomic E-state index is 12.0. The molecular formula is C17H24N2O2.